The lowest BCUT2D eigenvalue weighted by atomic mass is 10.1. The fraction of sp³-hybridized carbons (Fsp3) is 0.0667. The zero-order valence-corrected chi connectivity index (χ0v) is 12.9. The van der Waals surface area contributed by atoms with E-state index in [1.54, 1.807) is 6.07 Å². The van der Waals surface area contributed by atoms with Crippen molar-refractivity contribution in [3.8, 4) is 0 Å². The molecule has 0 radical (unpaired) electrons. The molecule has 0 bridgehead atoms. The number of benzene rings is 2. The van der Waals surface area contributed by atoms with E-state index in [2.05, 4.69) is 21.2 Å². The fourth-order valence-electron chi connectivity index (χ4n) is 2.12. The van der Waals surface area contributed by atoms with Gasteiger partial charge in [0, 0.05) is 22.0 Å². The van der Waals surface area contributed by atoms with E-state index in [9.17, 15) is 8.78 Å². The van der Waals surface area contributed by atoms with E-state index in [0.717, 1.165) is 5.39 Å². The maximum absolute atomic E-state index is 13.8. The Balaban J connectivity index is 1.92. The van der Waals surface area contributed by atoms with Crippen molar-refractivity contribution in [1.82, 2.24) is 0 Å². The van der Waals surface area contributed by atoms with Crippen molar-refractivity contribution >= 4 is 44.2 Å². The molecule has 2 aromatic carbocycles. The monoisotopic (exact) mass is 371 g/mol. The highest BCUT2D eigenvalue weighted by Crippen LogP contribution is 2.31. The molecule has 2 nitrogen and oxygen atoms in total. The van der Waals surface area contributed by atoms with E-state index in [1.165, 1.54) is 12.1 Å². The summed E-state index contributed by atoms with van der Waals surface area (Å²) in [6.45, 7) is 0.158. The third-order valence-corrected chi connectivity index (χ3v) is 3.86. The van der Waals surface area contributed by atoms with Crippen LogP contribution in [0.25, 0.3) is 11.0 Å². The highest BCUT2D eigenvalue weighted by Gasteiger charge is 2.15. The van der Waals surface area contributed by atoms with Gasteiger partial charge in [0.15, 0.2) is 5.22 Å². The Morgan fingerprint density at radius 2 is 1.81 bits per heavy atom. The zero-order chi connectivity index (χ0) is 15.0. The predicted molar refractivity (Wildman–Crippen MR) is 82.6 cm³/mol. The summed E-state index contributed by atoms with van der Waals surface area (Å²) in [6.07, 6.45) is 0. The minimum absolute atomic E-state index is 0.158. The number of furan rings is 1. The van der Waals surface area contributed by atoms with Gasteiger partial charge in [-0.05, 0) is 29.8 Å². The third kappa shape index (κ3) is 2.76. The molecule has 3 rings (SSSR count). The first-order valence-corrected chi connectivity index (χ1v) is 7.27. The molecule has 0 aliphatic heterocycles. The number of nitrogens with one attached hydrogen (secondary N) is 1. The second-order valence-corrected chi connectivity index (χ2v) is 5.71. The van der Waals surface area contributed by atoms with Crippen molar-refractivity contribution in [2.45, 2.75) is 6.54 Å². The molecule has 0 unspecified atom stereocenters. The van der Waals surface area contributed by atoms with Gasteiger partial charge in [-0.2, -0.15) is 0 Å². The molecule has 21 heavy (non-hydrogen) atoms. The van der Waals surface area contributed by atoms with Crippen LogP contribution in [0.2, 0.25) is 5.22 Å². The van der Waals surface area contributed by atoms with Crippen LogP contribution < -0.4 is 5.32 Å². The molecule has 3 aromatic rings. The second kappa shape index (κ2) is 5.66. The minimum atomic E-state index is -0.675. The first kappa shape index (κ1) is 14.4. The van der Waals surface area contributed by atoms with E-state index in [1.807, 2.05) is 18.2 Å². The maximum Gasteiger partial charge on any atom is 0.199 e. The van der Waals surface area contributed by atoms with Gasteiger partial charge < -0.3 is 9.73 Å². The molecule has 1 aromatic heterocycles. The van der Waals surface area contributed by atoms with Gasteiger partial charge in [0.05, 0.1) is 0 Å². The summed E-state index contributed by atoms with van der Waals surface area (Å²) in [5.74, 6) is -1.35. The zero-order valence-electron chi connectivity index (χ0n) is 10.6. The highest BCUT2D eigenvalue weighted by molar-refractivity contribution is 9.10. The Kier molecular flexibility index (Phi) is 3.87. The molecule has 0 saturated carbocycles. The number of para-hydroxylation sites is 1. The average Bonchev–Trinajstić information content (AvgIpc) is 2.73. The van der Waals surface area contributed by atoms with Crippen LogP contribution in [0, 0.1) is 11.6 Å². The van der Waals surface area contributed by atoms with E-state index in [-0.39, 0.29) is 17.5 Å². The molecule has 1 N–H and O–H groups in total. The molecule has 0 saturated heterocycles. The normalized spacial score (nSPS) is 11.0. The van der Waals surface area contributed by atoms with Crippen LogP contribution in [0.3, 0.4) is 0 Å². The van der Waals surface area contributed by atoms with Gasteiger partial charge in [-0.25, -0.2) is 8.78 Å². The van der Waals surface area contributed by atoms with Crippen LogP contribution in [0.1, 0.15) is 5.56 Å². The molecule has 0 fully saturated rings. The molecule has 0 aliphatic rings. The average molecular weight is 373 g/mol. The van der Waals surface area contributed by atoms with Crippen molar-refractivity contribution in [3.63, 3.8) is 0 Å². The quantitative estimate of drug-likeness (QED) is 0.634. The van der Waals surface area contributed by atoms with Crippen LogP contribution in [0.15, 0.2) is 45.3 Å². The largest absolute Gasteiger partial charge is 0.444 e. The summed E-state index contributed by atoms with van der Waals surface area (Å²) in [5.41, 5.74) is 1.10. The van der Waals surface area contributed by atoms with E-state index in [0.29, 0.717) is 15.6 Å². The number of anilines is 1. The van der Waals surface area contributed by atoms with E-state index < -0.39 is 11.6 Å². The lowest BCUT2D eigenvalue weighted by Crippen LogP contribution is -2.04. The Labute approximate surface area is 132 Å². The molecule has 108 valence electrons. The fourth-order valence-corrected chi connectivity index (χ4v) is 2.78. The molecule has 0 spiro atoms. The van der Waals surface area contributed by atoms with Crippen molar-refractivity contribution in [1.29, 1.82) is 0 Å². The highest BCUT2D eigenvalue weighted by atomic mass is 79.9. The number of rotatable bonds is 3. The summed E-state index contributed by atoms with van der Waals surface area (Å²) in [5, 5.41) is 3.75. The van der Waals surface area contributed by atoms with Gasteiger partial charge in [0.25, 0.3) is 0 Å². The lowest BCUT2D eigenvalue weighted by molar-refractivity contribution is 0.585. The van der Waals surface area contributed by atoms with Crippen molar-refractivity contribution in [3.05, 3.63) is 63.3 Å². The van der Waals surface area contributed by atoms with Crippen LogP contribution in [-0.4, -0.2) is 0 Å². The summed E-state index contributed by atoms with van der Waals surface area (Å²) < 4.78 is 33.3. The summed E-state index contributed by atoms with van der Waals surface area (Å²) in [7, 11) is 0. The van der Waals surface area contributed by atoms with Gasteiger partial charge in [-0.15, -0.1) is 0 Å². The van der Waals surface area contributed by atoms with E-state index >= 15 is 0 Å². The molecular weight excluding hydrogens is 364 g/mol. The SMILES string of the molecule is Fc1cc(Br)cc(F)c1NCc1c(Cl)oc2ccccc12. The number of fused-ring (bicyclic) bond motifs is 1. The Hall–Kier alpha value is -1.59. The van der Waals surface area contributed by atoms with Crippen LogP contribution in [0.4, 0.5) is 14.5 Å². The van der Waals surface area contributed by atoms with E-state index in [4.69, 9.17) is 16.0 Å². The Morgan fingerprint density at radius 1 is 1.14 bits per heavy atom. The summed E-state index contributed by atoms with van der Waals surface area (Å²) in [4.78, 5) is 0. The molecule has 6 heteroatoms. The van der Waals surface area contributed by atoms with Gasteiger partial charge in [0.2, 0.25) is 0 Å². The molecule has 0 aliphatic carbocycles. The number of hydrogen-bond donors (Lipinski definition) is 1. The molecule has 0 atom stereocenters. The summed E-state index contributed by atoms with van der Waals surface area (Å²) >= 11 is 9.07. The van der Waals surface area contributed by atoms with Crippen LogP contribution in [0.5, 0.6) is 0 Å². The number of hydrogen-bond acceptors (Lipinski definition) is 2. The van der Waals surface area contributed by atoms with Crippen LogP contribution >= 0.6 is 27.5 Å². The Morgan fingerprint density at radius 3 is 2.52 bits per heavy atom. The smallest absolute Gasteiger partial charge is 0.199 e. The van der Waals surface area contributed by atoms with Gasteiger partial charge >= 0.3 is 0 Å². The van der Waals surface area contributed by atoms with Crippen molar-refractivity contribution in [2.24, 2.45) is 0 Å². The first-order valence-electron chi connectivity index (χ1n) is 6.10. The minimum Gasteiger partial charge on any atom is -0.444 e. The topological polar surface area (TPSA) is 25.2 Å². The van der Waals surface area contributed by atoms with Crippen molar-refractivity contribution in [2.75, 3.05) is 5.32 Å². The van der Waals surface area contributed by atoms with Crippen molar-refractivity contribution < 1.29 is 13.2 Å². The number of halogens is 4. The standard InChI is InChI=1S/C15H9BrClF2NO/c16-8-5-11(18)14(12(19)6-8)20-7-10-9-3-1-2-4-13(9)21-15(10)17/h1-6,20H,7H2. The Bertz CT molecular complexity index is 796. The van der Waals surface area contributed by atoms with Gasteiger partial charge in [0.1, 0.15) is 22.9 Å². The molecule has 0 amide bonds. The lowest BCUT2D eigenvalue weighted by Gasteiger charge is -2.08. The molecular formula is C15H9BrClF2NO. The van der Waals surface area contributed by atoms with Gasteiger partial charge in [-0.3, -0.25) is 0 Å². The predicted octanol–water partition coefficient (Wildman–Crippen LogP) is 5.74. The molecule has 1 heterocycles. The third-order valence-electron chi connectivity index (χ3n) is 3.10. The maximum atomic E-state index is 13.8. The van der Waals surface area contributed by atoms with Crippen LogP contribution in [-0.2, 0) is 6.54 Å². The first-order chi connectivity index (χ1) is 10.1. The summed E-state index contributed by atoms with van der Waals surface area (Å²) in [6, 6.07) is 9.69. The second-order valence-electron chi connectivity index (χ2n) is 4.45. The van der Waals surface area contributed by atoms with Gasteiger partial charge in [-0.1, -0.05) is 34.1 Å².